The summed E-state index contributed by atoms with van der Waals surface area (Å²) in [6.45, 7) is 7.38. The van der Waals surface area contributed by atoms with Crippen LogP contribution in [-0.2, 0) is 9.30 Å². The van der Waals surface area contributed by atoms with Gasteiger partial charge in [0.05, 0.1) is 5.02 Å². The molecule has 190 valence electrons. The van der Waals surface area contributed by atoms with E-state index in [-0.39, 0.29) is 6.04 Å². The number of nitrogens with zero attached hydrogens (tertiary/aromatic N) is 6. The summed E-state index contributed by atoms with van der Waals surface area (Å²) in [6, 6.07) is 8.20. The summed E-state index contributed by atoms with van der Waals surface area (Å²) in [5.41, 5.74) is 2.70. The van der Waals surface area contributed by atoms with Gasteiger partial charge in [0.1, 0.15) is 11.6 Å². The molecule has 0 radical (unpaired) electrons. The van der Waals surface area contributed by atoms with Crippen LogP contribution in [0.15, 0.2) is 24.3 Å². The Morgan fingerprint density at radius 2 is 1.66 bits per heavy atom. The van der Waals surface area contributed by atoms with E-state index in [4.69, 9.17) is 50.5 Å². The third-order valence-corrected chi connectivity index (χ3v) is 6.44. The third-order valence-electron chi connectivity index (χ3n) is 6.11. The molecule has 0 spiro atoms. The number of halogens is 1. The summed E-state index contributed by atoms with van der Waals surface area (Å²) >= 11 is 6.60. The molecule has 35 heavy (non-hydrogen) atoms. The number of piperazine rings is 1. The Labute approximate surface area is 208 Å². The minimum Gasteiger partial charge on any atom is -0.381 e. The highest BCUT2D eigenvalue weighted by molar-refractivity contribution is 7.45. The number of anilines is 1. The molecule has 0 aliphatic carbocycles. The van der Waals surface area contributed by atoms with Gasteiger partial charge in [-0.1, -0.05) is 23.7 Å². The van der Waals surface area contributed by atoms with E-state index in [1.54, 1.807) is 0 Å². The lowest BCUT2D eigenvalue weighted by atomic mass is 10.1. The Hall–Kier alpha value is -2.11. The van der Waals surface area contributed by atoms with E-state index in [1.807, 2.05) is 31.2 Å². The second kappa shape index (κ2) is 10.9. The number of likely N-dealkylation sites (N-methyl/N-ethyl adjacent to an activating group) is 1. The van der Waals surface area contributed by atoms with Crippen LogP contribution < -0.4 is 4.90 Å². The van der Waals surface area contributed by atoms with E-state index in [9.17, 15) is 0 Å². The molecular weight excluding hydrogens is 495 g/mol. The van der Waals surface area contributed by atoms with Gasteiger partial charge in [0.2, 0.25) is 0 Å². The first-order chi connectivity index (χ1) is 16.6. The molecule has 13 heteroatoms. The van der Waals surface area contributed by atoms with E-state index >= 15 is 0 Å². The molecule has 1 aromatic carbocycles. The average molecular weight is 525 g/mol. The zero-order valence-corrected chi connectivity index (χ0v) is 21.4. The van der Waals surface area contributed by atoms with Gasteiger partial charge in [-0.15, -0.1) is 0 Å². The maximum Gasteiger partial charge on any atom is 0.466 e. The summed E-state index contributed by atoms with van der Waals surface area (Å²) in [7, 11) is -2.48. The zero-order valence-electron chi connectivity index (χ0n) is 19.7. The number of hydrogen-bond donors (Lipinski definition) is 3. The van der Waals surface area contributed by atoms with Gasteiger partial charge in [-0.2, -0.15) is 0 Å². The molecule has 3 N–H and O–H groups in total. The fourth-order valence-corrected chi connectivity index (χ4v) is 4.65. The minimum atomic E-state index is -4.64. The Bertz CT molecular complexity index is 1210. The maximum atomic E-state index is 8.88. The van der Waals surface area contributed by atoms with Gasteiger partial charge in [-0.05, 0) is 38.9 Å². The fourth-order valence-electron chi connectivity index (χ4n) is 4.43. The van der Waals surface area contributed by atoms with Gasteiger partial charge in [-0.25, -0.2) is 19.5 Å². The predicted molar refractivity (Wildman–Crippen MR) is 134 cm³/mol. The van der Waals surface area contributed by atoms with Gasteiger partial charge < -0.3 is 33.8 Å². The third kappa shape index (κ3) is 6.37. The molecule has 11 nitrogen and oxygen atoms in total. The molecule has 2 fully saturated rings. The molecule has 3 aromatic rings. The smallest absolute Gasteiger partial charge is 0.381 e. The zero-order chi connectivity index (χ0) is 25.2. The summed E-state index contributed by atoms with van der Waals surface area (Å²) in [4.78, 5) is 41.1. The minimum absolute atomic E-state index is 0.282. The normalized spacial score (nSPS) is 17.9. The van der Waals surface area contributed by atoms with Crippen LogP contribution in [0.2, 0.25) is 5.02 Å². The number of phosphoric acid groups is 1. The molecule has 4 heterocycles. The molecule has 5 rings (SSSR count). The van der Waals surface area contributed by atoms with Crippen LogP contribution in [0.3, 0.4) is 0 Å². The molecule has 0 unspecified atom stereocenters. The summed E-state index contributed by atoms with van der Waals surface area (Å²) in [5, 5.41) is 0.701. The first kappa shape index (κ1) is 26.0. The summed E-state index contributed by atoms with van der Waals surface area (Å²) in [6.07, 6.45) is 1.88. The topological polar surface area (TPSA) is 137 Å². The number of benzene rings is 1. The highest BCUT2D eigenvalue weighted by Crippen LogP contribution is 2.37. The van der Waals surface area contributed by atoms with E-state index in [1.165, 1.54) is 0 Å². The molecule has 2 aromatic heterocycles. The molecule has 2 aliphatic rings. The number of rotatable bonds is 3. The Morgan fingerprint density at radius 1 is 1.03 bits per heavy atom. The van der Waals surface area contributed by atoms with Crippen molar-refractivity contribution in [3.8, 4) is 11.4 Å². The van der Waals surface area contributed by atoms with Crippen LogP contribution in [0, 0.1) is 6.92 Å². The molecule has 2 saturated heterocycles. The monoisotopic (exact) mass is 524 g/mol. The van der Waals surface area contributed by atoms with Gasteiger partial charge >= 0.3 is 7.82 Å². The Morgan fingerprint density at radius 3 is 2.29 bits per heavy atom. The van der Waals surface area contributed by atoms with E-state index in [0.717, 1.165) is 86.4 Å². The van der Waals surface area contributed by atoms with Crippen molar-refractivity contribution < 1.29 is 24.0 Å². The number of imidazole rings is 1. The van der Waals surface area contributed by atoms with Crippen molar-refractivity contribution in [2.24, 2.45) is 0 Å². The van der Waals surface area contributed by atoms with Crippen LogP contribution >= 0.6 is 19.4 Å². The number of aryl methyl sites for hydroxylation is 1. The van der Waals surface area contributed by atoms with Crippen molar-refractivity contribution in [3.63, 3.8) is 0 Å². The second-order valence-corrected chi connectivity index (χ2v) is 10.1. The summed E-state index contributed by atoms with van der Waals surface area (Å²) < 4.78 is 16.8. The molecule has 2 aliphatic heterocycles. The van der Waals surface area contributed by atoms with Crippen LogP contribution in [0.4, 0.5) is 5.82 Å². The van der Waals surface area contributed by atoms with Crippen molar-refractivity contribution in [2.45, 2.75) is 25.8 Å². The first-order valence-corrected chi connectivity index (χ1v) is 13.4. The lowest BCUT2D eigenvalue weighted by molar-refractivity contribution is 0.0708. The van der Waals surface area contributed by atoms with E-state index in [0.29, 0.717) is 5.02 Å². The number of aromatic nitrogens is 4. The van der Waals surface area contributed by atoms with Crippen molar-refractivity contribution in [1.29, 1.82) is 0 Å². The fraction of sp³-hybridized carbons (Fsp3) is 0.500. The average Bonchev–Trinajstić information content (AvgIpc) is 3.18. The van der Waals surface area contributed by atoms with E-state index < -0.39 is 7.82 Å². The van der Waals surface area contributed by atoms with Gasteiger partial charge in [-0.3, -0.25) is 0 Å². The van der Waals surface area contributed by atoms with Crippen LogP contribution in [0.5, 0.6) is 0 Å². The number of hydrogen-bond acceptors (Lipinski definition) is 7. The Kier molecular flexibility index (Phi) is 8.07. The van der Waals surface area contributed by atoms with Gasteiger partial charge in [0.25, 0.3) is 0 Å². The largest absolute Gasteiger partial charge is 0.466 e. The number of fused-ring (bicyclic) bond motifs is 1. The van der Waals surface area contributed by atoms with Gasteiger partial charge in [0, 0.05) is 51.0 Å². The molecular formula is C22H30ClN6O5P. The van der Waals surface area contributed by atoms with Crippen LogP contribution in [-0.4, -0.2) is 85.5 Å². The van der Waals surface area contributed by atoms with Crippen LogP contribution in [0.1, 0.15) is 24.7 Å². The van der Waals surface area contributed by atoms with Crippen LogP contribution in [0.25, 0.3) is 22.6 Å². The molecule has 0 amide bonds. The van der Waals surface area contributed by atoms with E-state index in [2.05, 4.69) is 21.4 Å². The Balaban J connectivity index is 0.000000527. The quantitative estimate of drug-likeness (QED) is 0.438. The number of ether oxygens (including phenoxy) is 1. The highest BCUT2D eigenvalue weighted by atomic mass is 35.5. The van der Waals surface area contributed by atoms with Crippen molar-refractivity contribution in [1.82, 2.24) is 24.4 Å². The molecule has 0 saturated carbocycles. The van der Waals surface area contributed by atoms with Crippen molar-refractivity contribution >= 4 is 36.4 Å². The SMILES string of the molecule is Cc1nc(N2CCN(C)CC2)c2nc(-c3ccccc3Cl)n(C3CCOCC3)c2n1.O=P(O)(O)O. The van der Waals surface area contributed by atoms with Crippen molar-refractivity contribution in [2.75, 3.05) is 51.3 Å². The molecule has 0 bridgehead atoms. The van der Waals surface area contributed by atoms with Crippen molar-refractivity contribution in [3.05, 3.63) is 35.1 Å². The first-order valence-electron chi connectivity index (χ1n) is 11.4. The highest BCUT2D eigenvalue weighted by Gasteiger charge is 2.28. The van der Waals surface area contributed by atoms with Gasteiger partial charge in [0.15, 0.2) is 17.0 Å². The summed E-state index contributed by atoms with van der Waals surface area (Å²) in [5.74, 6) is 2.58. The predicted octanol–water partition coefficient (Wildman–Crippen LogP) is 2.63. The lowest BCUT2D eigenvalue weighted by Gasteiger charge is -2.33. The standard InChI is InChI=1S/C22H27ClN6O.H3O4P/c1-15-24-21(28-11-9-27(2)10-12-28)19-22(25-15)29(16-7-13-30-14-8-16)20(26-19)17-5-3-4-6-18(17)23;1-5(2,3)4/h3-6,16H,7-14H2,1-2H3;(H3,1,2,3,4). The molecule has 0 atom stereocenters. The second-order valence-electron chi connectivity index (χ2n) is 8.70. The maximum absolute atomic E-state index is 8.88. The lowest BCUT2D eigenvalue weighted by Crippen LogP contribution is -2.45.